The molecule has 3 atom stereocenters. The average molecular weight is 418 g/mol. The second kappa shape index (κ2) is 9.73. The number of aldehydes is 1. The van der Waals surface area contributed by atoms with E-state index in [0.717, 1.165) is 11.3 Å². The Morgan fingerprint density at radius 1 is 1.20 bits per heavy atom. The molecule has 0 saturated carbocycles. The first-order valence-corrected chi connectivity index (χ1v) is 10.1. The molecule has 0 aromatic heterocycles. The monoisotopic (exact) mass is 418 g/mol. The number of nitrogens with one attached hydrogen (secondary N) is 2. The number of fused-ring (bicyclic) bond motifs is 1. The third-order valence-electron chi connectivity index (χ3n) is 5.14. The quantitative estimate of drug-likeness (QED) is 0.500. The van der Waals surface area contributed by atoms with E-state index in [-0.39, 0.29) is 24.2 Å². The SMILES string of the molecule is CC(C)C[C@H](NC(=O)CC1c2ccccc2OC1(C)C)C(=O)N[C@H](C=O)CC(=O)O. The number of amides is 2. The molecule has 0 saturated heterocycles. The highest BCUT2D eigenvalue weighted by Gasteiger charge is 2.42. The van der Waals surface area contributed by atoms with Crippen molar-refractivity contribution in [1.29, 1.82) is 0 Å². The Hall–Kier alpha value is -2.90. The number of aliphatic carboxylic acids is 1. The van der Waals surface area contributed by atoms with Crippen molar-refractivity contribution in [3.8, 4) is 5.75 Å². The number of hydrogen-bond donors (Lipinski definition) is 3. The summed E-state index contributed by atoms with van der Waals surface area (Å²) in [6.07, 6.45) is 0.368. The normalized spacial score (nSPS) is 18.6. The van der Waals surface area contributed by atoms with E-state index in [4.69, 9.17) is 9.84 Å². The molecule has 1 heterocycles. The Morgan fingerprint density at radius 2 is 1.87 bits per heavy atom. The minimum atomic E-state index is -1.20. The fourth-order valence-electron chi connectivity index (χ4n) is 3.69. The summed E-state index contributed by atoms with van der Waals surface area (Å²) in [5.41, 5.74) is 0.381. The summed E-state index contributed by atoms with van der Waals surface area (Å²) in [7, 11) is 0. The summed E-state index contributed by atoms with van der Waals surface area (Å²) < 4.78 is 5.98. The van der Waals surface area contributed by atoms with Crippen LogP contribution in [-0.2, 0) is 19.2 Å². The predicted molar refractivity (Wildman–Crippen MR) is 110 cm³/mol. The molecule has 164 valence electrons. The number of hydrogen-bond acceptors (Lipinski definition) is 5. The number of benzene rings is 1. The highest BCUT2D eigenvalue weighted by atomic mass is 16.5. The number of carboxylic acid groups (broad SMARTS) is 1. The van der Waals surface area contributed by atoms with Crippen LogP contribution in [0, 0.1) is 5.92 Å². The van der Waals surface area contributed by atoms with Gasteiger partial charge in [0.15, 0.2) is 0 Å². The molecule has 1 aromatic rings. The fraction of sp³-hybridized carbons (Fsp3) is 0.545. The van der Waals surface area contributed by atoms with Gasteiger partial charge in [0, 0.05) is 17.9 Å². The van der Waals surface area contributed by atoms with Gasteiger partial charge < -0.3 is 25.3 Å². The van der Waals surface area contributed by atoms with E-state index in [1.165, 1.54) is 0 Å². The van der Waals surface area contributed by atoms with Gasteiger partial charge in [-0.3, -0.25) is 14.4 Å². The van der Waals surface area contributed by atoms with Gasteiger partial charge in [-0.25, -0.2) is 0 Å². The Morgan fingerprint density at radius 3 is 2.47 bits per heavy atom. The van der Waals surface area contributed by atoms with E-state index < -0.39 is 36.0 Å². The van der Waals surface area contributed by atoms with E-state index in [2.05, 4.69) is 10.6 Å². The number of rotatable bonds is 10. The number of carbonyl (C=O) groups excluding carboxylic acids is 3. The largest absolute Gasteiger partial charge is 0.487 e. The van der Waals surface area contributed by atoms with Gasteiger partial charge in [-0.2, -0.15) is 0 Å². The molecule has 0 fully saturated rings. The molecular weight excluding hydrogens is 388 g/mol. The predicted octanol–water partition coefficient (Wildman–Crippen LogP) is 2.02. The second-order valence-corrected chi connectivity index (χ2v) is 8.60. The van der Waals surface area contributed by atoms with Gasteiger partial charge in [0.1, 0.15) is 23.7 Å². The molecule has 0 spiro atoms. The standard InChI is InChI=1S/C22H30N2O6/c1-13(2)9-17(21(29)23-14(12-25)10-20(27)28)24-19(26)11-16-15-7-5-6-8-18(15)30-22(16,3)4/h5-8,12-14,16-17H,9-11H2,1-4H3,(H,23,29)(H,24,26)(H,27,28)/t14-,16?,17-/m0/s1. The van der Waals surface area contributed by atoms with E-state index in [1.807, 2.05) is 52.0 Å². The number of carbonyl (C=O) groups is 4. The number of para-hydroxylation sites is 1. The average Bonchev–Trinajstić information content (AvgIpc) is 2.89. The maximum absolute atomic E-state index is 12.8. The Balaban J connectivity index is 2.09. The maximum Gasteiger partial charge on any atom is 0.305 e. The van der Waals surface area contributed by atoms with Crippen LogP contribution in [-0.4, -0.2) is 46.9 Å². The third kappa shape index (κ3) is 6.05. The molecule has 1 aromatic carbocycles. The van der Waals surface area contributed by atoms with Crippen molar-refractivity contribution in [2.24, 2.45) is 5.92 Å². The lowest BCUT2D eigenvalue weighted by Gasteiger charge is -2.27. The molecular formula is C22H30N2O6. The lowest BCUT2D eigenvalue weighted by atomic mass is 9.84. The topological polar surface area (TPSA) is 122 Å². The Bertz CT molecular complexity index is 805. The van der Waals surface area contributed by atoms with Gasteiger partial charge in [0.05, 0.1) is 12.5 Å². The first kappa shape index (κ1) is 23.4. The second-order valence-electron chi connectivity index (χ2n) is 8.60. The van der Waals surface area contributed by atoms with Crippen molar-refractivity contribution in [1.82, 2.24) is 10.6 Å². The molecule has 1 unspecified atom stereocenters. The molecule has 3 N–H and O–H groups in total. The van der Waals surface area contributed by atoms with Crippen LogP contribution in [0.15, 0.2) is 24.3 Å². The molecule has 8 nitrogen and oxygen atoms in total. The van der Waals surface area contributed by atoms with Crippen LogP contribution in [0.4, 0.5) is 0 Å². The number of carboxylic acids is 1. The van der Waals surface area contributed by atoms with Gasteiger partial charge in [-0.05, 0) is 32.3 Å². The lowest BCUT2D eigenvalue weighted by Crippen LogP contribution is -2.51. The molecule has 0 aliphatic carbocycles. The van der Waals surface area contributed by atoms with Gasteiger partial charge >= 0.3 is 5.97 Å². The van der Waals surface area contributed by atoms with Crippen molar-refractivity contribution >= 4 is 24.1 Å². The summed E-state index contributed by atoms with van der Waals surface area (Å²) >= 11 is 0. The summed E-state index contributed by atoms with van der Waals surface area (Å²) in [5, 5.41) is 14.0. The van der Waals surface area contributed by atoms with Crippen LogP contribution in [0.5, 0.6) is 5.75 Å². The first-order chi connectivity index (χ1) is 14.0. The van der Waals surface area contributed by atoms with Crippen LogP contribution in [0.25, 0.3) is 0 Å². The molecule has 0 bridgehead atoms. The molecule has 1 aliphatic rings. The zero-order valence-electron chi connectivity index (χ0n) is 17.8. The minimum Gasteiger partial charge on any atom is -0.487 e. The Labute approximate surface area is 176 Å². The lowest BCUT2D eigenvalue weighted by molar-refractivity contribution is -0.139. The van der Waals surface area contributed by atoms with Crippen molar-refractivity contribution in [3.05, 3.63) is 29.8 Å². The zero-order chi connectivity index (χ0) is 22.5. The van der Waals surface area contributed by atoms with Crippen molar-refractivity contribution in [3.63, 3.8) is 0 Å². The summed E-state index contributed by atoms with van der Waals surface area (Å²) in [6.45, 7) is 7.66. The number of ether oxygens (including phenoxy) is 1. The highest BCUT2D eigenvalue weighted by molar-refractivity contribution is 5.90. The van der Waals surface area contributed by atoms with Crippen LogP contribution >= 0.6 is 0 Å². The van der Waals surface area contributed by atoms with Crippen LogP contribution < -0.4 is 15.4 Å². The molecule has 2 rings (SSSR count). The summed E-state index contributed by atoms with van der Waals surface area (Å²) in [5.74, 6) is -1.40. The first-order valence-electron chi connectivity index (χ1n) is 10.1. The van der Waals surface area contributed by atoms with E-state index >= 15 is 0 Å². The third-order valence-corrected chi connectivity index (χ3v) is 5.14. The van der Waals surface area contributed by atoms with Crippen LogP contribution in [0.1, 0.15) is 58.4 Å². The van der Waals surface area contributed by atoms with Crippen molar-refractivity contribution in [2.75, 3.05) is 0 Å². The molecule has 1 aliphatic heterocycles. The zero-order valence-corrected chi connectivity index (χ0v) is 17.8. The summed E-state index contributed by atoms with van der Waals surface area (Å²) in [4.78, 5) is 47.4. The van der Waals surface area contributed by atoms with E-state index in [1.54, 1.807) is 0 Å². The molecule has 30 heavy (non-hydrogen) atoms. The molecule has 0 radical (unpaired) electrons. The highest BCUT2D eigenvalue weighted by Crippen LogP contribution is 2.46. The van der Waals surface area contributed by atoms with Crippen LogP contribution in [0.2, 0.25) is 0 Å². The van der Waals surface area contributed by atoms with Gasteiger partial charge in [0.2, 0.25) is 11.8 Å². The van der Waals surface area contributed by atoms with Gasteiger partial charge in [0.25, 0.3) is 0 Å². The van der Waals surface area contributed by atoms with E-state index in [0.29, 0.717) is 12.7 Å². The van der Waals surface area contributed by atoms with Gasteiger partial charge in [-0.15, -0.1) is 0 Å². The molecule has 8 heteroatoms. The van der Waals surface area contributed by atoms with E-state index in [9.17, 15) is 19.2 Å². The van der Waals surface area contributed by atoms with Crippen molar-refractivity contribution in [2.45, 2.75) is 70.6 Å². The van der Waals surface area contributed by atoms with Gasteiger partial charge in [-0.1, -0.05) is 32.0 Å². The minimum absolute atomic E-state index is 0.0992. The fourth-order valence-corrected chi connectivity index (χ4v) is 3.69. The summed E-state index contributed by atoms with van der Waals surface area (Å²) in [6, 6.07) is 5.56. The smallest absolute Gasteiger partial charge is 0.305 e. The van der Waals surface area contributed by atoms with Crippen molar-refractivity contribution < 1.29 is 29.0 Å². The molecule has 2 amide bonds. The maximum atomic E-state index is 12.8. The van der Waals surface area contributed by atoms with Crippen LogP contribution in [0.3, 0.4) is 0 Å². The Kier molecular flexibility index (Phi) is 7.59.